The highest BCUT2D eigenvalue weighted by Crippen LogP contribution is 2.62. The number of carbonyl (C=O) groups excluding carboxylic acids is 3. The number of nitro benzene ring substituents is 1. The van der Waals surface area contributed by atoms with Gasteiger partial charge in [-0.15, -0.1) is 0 Å². The predicted octanol–water partition coefficient (Wildman–Crippen LogP) is 2.76. The summed E-state index contributed by atoms with van der Waals surface area (Å²) in [4.78, 5) is 58.3. The molecule has 36 heavy (non-hydrogen) atoms. The van der Waals surface area contributed by atoms with E-state index in [1.54, 1.807) is 11.8 Å². The van der Waals surface area contributed by atoms with Crippen LogP contribution in [0, 0.1) is 28.9 Å². The van der Waals surface area contributed by atoms with Gasteiger partial charge in [-0.3, -0.25) is 29.4 Å². The fourth-order valence-electron chi connectivity index (χ4n) is 7.10. The first-order valence-corrected chi connectivity index (χ1v) is 12.2. The van der Waals surface area contributed by atoms with E-state index >= 15 is 0 Å². The van der Waals surface area contributed by atoms with Crippen molar-refractivity contribution in [2.24, 2.45) is 11.8 Å². The minimum absolute atomic E-state index is 0.0325. The number of nitrogens with zero attached hydrogens (tertiary/aromatic N) is 4. The quantitative estimate of drug-likeness (QED) is 0.368. The number of methoxy groups -OCH3 is 1. The lowest BCUT2D eigenvalue weighted by molar-refractivity contribution is -0.385. The Bertz CT molecular complexity index is 1360. The van der Waals surface area contributed by atoms with Crippen LogP contribution in [0.2, 0.25) is 0 Å². The highest BCUT2D eigenvalue weighted by Gasteiger charge is 2.75. The normalized spacial score (nSPS) is 28.8. The number of para-hydroxylation sites is 1. The van der Waals surface area contributed by atoms with E-state index in [9.17, 15) is 24.5 Å². The largest absolute Gasteiger partial charge is 0.490 e. The topological polar surface area (TPSA) is 113 Å². The molecular weight excluding hydrogens is 464 g/mol. The van der Waals surface area contributed by atoms with Crippen LogP contribution in [-0.4, -0.2) is 53.8 Å². The average molecular weight is 491 g/mol. The van der Waals surface area contributed by atoms with Crippen LogP contribution in [0.3, 0.4) is 0 Å². The molecule has 0 aliphatic carbocycles. The molecule has 4 aliphatic rings. The first-order valence-electron chi connectivity index (χ1n) is 12.2. The van der Waals surface area contributed by atoms with E-state index in [1.807, 2.05) is 31.2 Å². The summed E-state index contributed by atoms with van der Waals surface area (Å²) in [6, 6.07) is 10.0. The second-order valence-corrected chi connectivity index (χ2v) is 9.82. The second-order valence-electron chi connectivity index (χ2n) is 9.82. The van der Waals surface area contributed by atoms with Gasteiger partial charge in [-0.05, 0) is 44.9 Å². The van der Waals surface area contributed by atoms with Gasteiger partial charge in [-0.25, -0.2) is 4.90 Å². The third-order valence-electron chi connectivity index (χ3n) is 8.40. The van der Waals surface area contributed by atoms with Crippen LogP contribution >= 0.6 is 0 Å². The Labute approximate surface area is 207 Å². The number of hydrogen-bond donors (Lipinski definition) is 0. The summed E-state index contributed by atoms with van der Waals surface area (Å²) in [5.41, 5.74) is 0.747. The van der Waals surface area contributed by atoms with Crippen molar-refractivity contribution in [3.8, 4) is 5.75 Å². The Morgan fingerprint density at radius 2 is 1.89 bits per heavy atom. The zero-order valence-corrected chi connectivity index (χ0v) is 20.3. The number of ether oxygens (including phenoxy) is 1. The number of fused-ring (bicyclic) bond motifs is 7. The average Bonchev–Trinajstić information content (AvgIpc) is 3.56. The summed E-state index contributed by atoms with van der Waals surface area (Å²) in [6.07, 6.45) is 1.56. The maximum absolute atomic E-state index is 14.2. The van der Waals surface area contributed by atoms with E-state index in [-0.39, 0.29) is 35.0 Å². The molecule has 2 aromatic carbocycles. The zero-order valence-electron chi connectivity index (χ0n) is 20.3. The Morgan fingerprint density at radius 3 is 2.58 bits per heavy atom. The van der Waals surface area contributed by atoms with Gasteiger partial charge in [0.1, 0.15) is 5.54 Å². The summed E-state index contributed by atoms with van der Waals surface area (Å²) >= 11 is 0. The number of rotatable bonds is 4. The van der Waals surface area contributed by atoms with Crippen molar-refractivity contribution in [1.29, 1.82) is 0 Å². The summed E-state index contributed by atoms with van der Waals surface area (Å²) in [5, 5.41) is 11.5. The van der Waals surface area contributed by atoms with E-state index in [4.69, 9.17) is 4.74 Å². The third kappa shape index (κ3) is 2.52. The van der Waals surface area contributed by atoms with E-state index in [0.717, 1.165) is 29.0 Å². The molecule has 3 fully saturated rings. The van der Waals surface area contributed by atoms with Crippen LogP contribution in [0.15, 0.2) is 36.4 Å². The standard InChI is InChI=1S/C26H26N4O6/c1-4-27-16-9-6-5-8-15(16)26(25(27)33)22-21(17-10-7-11-28(17)26)23(31)29(24(22)32)18-13-20(36-3)19(30(34)35)12-14(18)2/h5-6,8-9,12-13,17,21-22H,4,7,10-11H2,1-3H3/t17-,21-,22+,26-/m1/s1. The Kier molecular flexibility index (Phi) is 4.79. The number of aryl methyl sites for hydroxylation is 1. The molecule has 3 amide bonds. The molecule has 186 valence electrons. The van der Waals surface area contributed by atoms with E-state index in [2.05, 4.69) is 4.90 Å². The first-order chi connectivity index (χ1) is 17.3. The number of benzene rings is 2. The molecule has 0 saturated carbocycles. The Balaban J connectivity index is 1.55. The second kappa shape index (κ2) is 7.60. The van der Waals surface area contributed by atoms with Crippen LogP contribution in [0.25, 0.3) is 0 Å². The molecular formula is C26H26N4O6. The lowest BCUT2D eigenvalue weighted by atomic mass is 9.75. The van der Waals surface area contributed by atoms with Gasteiger partial charge in [-0.1, -0.05) is 18.2 Å². The number of carbonyl (C=O) groups is 3. The van der Waals surface area contributed by atoms with Gasteiger partial charge in [0.05, 0.1) is 29.6 Å². The van der Waals surface area contributed by atoms with Crippen LogP contribution in [0.4, 0.5) is 17.1 Å². The molecule has 4 atom stereocenters. The molecule has 6 rings (SSSR count). The third-order valence-corrected chi connectivity index (χ3v) is 8.40. The molecule has 4 aliphatic heterocycles. The lowest BCUT2D eigenvalue weighted by Crippen LogP contribution is -2.56. The SMILES string of the molecule is CCN1C(=O)[C@@]2(c3ccccc31)[C@@H]1C(=O)N(c3cc(OC)c([N+](=O)[O-])cc3C)C(=O)[C@@H]1[C@H]1CCCN12. The molecule has 0 aromatic heterocycles. The van der Waals surface area contributed by atoms with Gasteiger partial charge < -0.3 is 9.64 Å². The minimum Gasteiger partial charge on any atom is -0.490 e. The number of likely N-dealkylation sites (N-methyl/N-ethyl adjacent to an activating group) is 1. The predicted molar refractivity (Wildman–Crippen MR) is 130 cm³/mol. The number of imide groups is 1. The van der Waals surface area contributed by atoms with Gasteiger partial charge in [0.25, 0.3) is 5.91 Å². The summed E-state index contributed by atoms with van der Waals surface area (Å²) in [7, 11) is 1.31. The summed E-state index contributed by atoms with van der Waals surface area (Å²) < 4.78 is 5.22. The van der Waals surface area contributed by atoms with Crippen molar-refractivity contribution in [1.82, 2.24) is 4.90 Å². The highest BCUT2D eigenvalue weighted by molar-refractivity contribution is 6.26. The number of amides is 3. The fraction of sp³-hybridized carbons (Fsp3) is 0.423. The van der Waals surface area contributed by atoms with Gasteiger partial charge in [-0.2, -0.15) is 0 Å². The molecule has 0 bridgehead atoms. The summed E-state index contributed by atoms with van der Waals surface area (Å²) in [5.74, 6) is -2.55. The van der Waals surface area contributed by atoms with E-state index in [1.165, 1.54) is 19.2 Å². The monoisotopic (exact) mass is 490 g/mol. The molecule has 2 aromatic rings. The van der Waals surface area contributed by atoms with Crippen molar-refractivity contribution in [3.63, 3.8) is 0 Å². The van der Waals surface area contributed by atoms with Gasteiger partial charge >= 0.3 is 5.69 Å². The van der Waals surface area contributed by atoms with Crippen molar-refractivity contribution < 1.29 is 24.0 Å². The Morgan fingerprint density at radius 1 is 1.14 bits per heavy atom. The van der Waals surface area contributed by atoms with Crippen molar-refractivity contribution >= 4 is 34.8 Å². The van der Waals surface area contributed by atoms with Gasteiger partial charge in [0, 0.05) is 36.0 Å². The maximum atomic E-state index is 14.2. The number of nitro groups is 1. The van der Waals surface area contributed by atoms with Crippen LogP contribution < -0.4 is 14.5 Å². The maximum Gasteiger partial charge on any atom is 0.311 e. The van der Waals surface area contributed by atoms with Crippen molar-refractivity contribution in [2.75, 3.05) is 30.0 Å². The van der Waals surface area contributed by atoms with Crippen LogP contribution in [-0.2, 0) is 19.9 Å². The molecule has 4 heterocycles. The number of anilines is 2. The van der Waals surface area contributed by atoms with Crippen LogP contribution in [0.5, 0.6) is 5.75 Å². The molecule has 10 heteroatoms. The van der Waals surface area contributed by atoms with E-state index in [0.29, 0.717) is 18.7 Å². The minimum atomic E-state index is -1.24. The molecule has 0 N–H and O–H groups in total. The lowest BCUT2D eigenvalue weighted by Gasteiger charge is -2.37. The smallest absolute Gasteiger partial charge is 0.311 e. The first kappa shape index (κ1) is 22.7. The zero-order chi connectivity index (χ0) is 25.5. The molecule has 3 saturated heterocycles. The van der Waals surface area contributed by atoms with Gasteiger partial charge in [0.15, 0.2) is 5.75 Å². The molecule has 0 radical (unpaired) electrons. The van der Waals surface area contributed by atoms with Crippen LogP contribution in [0.1, 0.15) is 30.9 Å². The Hall–Kier alpha value is -3.79. The fourth-order valence-corrected chi connectivity index (χ4v) is 7.10. The molecule has 1 spiro atoms. The summed E-state index contributed by atoms with van der Waals surface area (Å²) in [6.45, 7) is 4.63. The van der Waals surface area contributed by atoms with Crippen molar-refractivity contribution in [2.45, 2.75) is 38.3 Å². The highest BCUT2D eigenvalue weighted by atomic mass is 16.6. The molecule has 10 nitrogen and oxygen atoms in total. The van der Waals surface area contributed by atoms with Gasteiger partial charge in [0.2, 0.25) is 11.8 Å². The van der Waals surface area contributed by atoms with E-state index < -0.39 is 28.2 Å². The number of hydrogen-bond acceptors (Lipinski definition) is 7. The van der Waals surface area contributed by atoms with Crippen molar-refractivity contribution in [3.05, 3.63) is 57.6 Å². The molecule has 0 unspecified atom stereocenters.